The first-order valence-corrected chi connectivity index (χ1v) is 7.79. The van der Waals surface area contributed by atoms with Gasteiger partial charge in [-0.3, -0.25) is 4.98 Å². The van der Waals surface area contributed by atoms with Crippen molar-refractivity contribution in [2.45, 2.75) is 20.1 Å². The number of aliphatic hydroxyl groups excluding tert-OH is 1. The summed E-state index contributed by atoms with van der Waals surface area (Å²) in [5.41, 5.74) is 2.56. The fourth-order valence-electron chi connectivity index (χ4n) is 2.27. The van der Waals surface area contributed by atoms with Gasteiger partial charge in [0.1, 0.15) is 12.9 Å². The molecule has 7 nitrogen and oxygen atoms in total. The fourth-order valence-corrected chi connectivity index (χ4v) is 2.44. The maximum Gasteiger partial charge on any atom is 0.221 e. The van der Waals surface area contributed by atoms with Crippen LogP contribution in [0.5, 0.6) is 5.88 Å². The summed E-state index contributed by atoms with van der Waals surface area (Å²) in [5, 5.41) is 13.8. The van der Waals surface area contributed by atoms with Crippen molar-refractivity contribution < 1.29 is 9.84 Å². The van der Waals surface area contributed by atoms with Crippen molar-refractivity contribution in [3.05, 3.63) is 53.5 Å². The maximum absolute atomic E-state index is 9.04. The predicted octanol–water partition coefficient (Wildman–Crippen LogP) is 2.33. The Morgan fingerprint density at radius 1 is 1.21 bits per heavy atom. The molecule has 0 amide bonds. The molecule has 0 saturated heterocycles. The number of rotatable bonds is 6. The molecule has 3 rings (SSSR count). The summed E-state index contributed by atoms with van der Waals surface area (Å²) < 4.78 is 7.25. The lowest BCUT2D eigenvalue weighted by atomic mass is 10.1. The summed E-state index contributed by atoms with van der Waals surface area (Å²) in [7, 11) is 0. The van der Waals surface area contributed by atoms with Crippen molar-refractivity contribution in [3.8, 4) is 17.0 Å². The minimum Gasteiger partial charge on any atom is -0.478 e. The van der Waals surface area contributed by atoms with E-state index < -0.39 is 0 Å². The molecule has 0 fully saturated rings. The second-order valence-corrected chi connectivity index (χ2v) is 5.47. The summed E-state index contributed by atoms with van der Waals surface area (Å²) in [5.74, 6) is 0.910. The van der Waals surface area contributed by atoms with Crippen molar-refractivity contribution in [3.63, 3.8) is 0 Å². The van der Waals surface area contributed by atoms with Gasteiger partial charge in [0.15, 0.2) is 5.82 Å². The molecule has 8 heteroatoms. The van der Waals surface area contributed by atoms with Crippen molar-refractivity contribution in [1.29, 1.82) is 0 Å². The van der Waals surface area contributed by atoms with Crippen LogP contribution in [0.1, 0.15) is 18.3 Å². The molecule has 0 aliphatic heterocycles. The highest BCUT2D eigenvalue weighted by Crippen LogP contribution is 2.30. The van der Waals surface area contributed by atoms with Crippen LogP contribution in [0.25, 0.3) is 11.1 Å². The SMILES string of the molecule is CCOc1ncc(Cn2cnc(CO)n2)cc1-c1cncc(Cl)c1. The van der Waals surface area contributed by atoms with Gasteiger partial charge in [-0.15, -0.1) is 0 Å². The van der Waals surface area contributed by atoms with Crippen LogP contribution in [0.15, 0.2) is 37.1 Å². The predicted molar refractivity (Wildman–Crippen MR) is 88.7 cm³/mol. The van der Waals surface area contributed by atoms with Gasteiger partial charge < -0.3 is 9.84 Å². The second-order valence-electron chi connectivity index (χ2n) is 5.04. The van der Waals surface area contributed by atoms with Gasteiger partial charge in [0.2, 0.25) is 5.88 Å². The van der Waals surface area contributed by atoms with Crippen molar-refractivity contribution in [1.82, 2.24) is 24.7 Å². The van der Waals surface area contributed by atoms with E-state index in [1.807, 2.05) is 19.1 Å². The van der Waals surface area contributed by atoms with Crippen LogP contribution >= 0.6 is 11.6 Å². The number of halogens is 1. The molecular weight excluding hydrogens is 330 g/mol. The van der Waals surface area contributed by atoms with Gasteiger partial charge in [0.05, 0.1) is 18.2 Å². The Bertz CT molecular complexity index is 837. The highest BCUT2D eigenvalue weighted by molar-refractivity contribution is 6.30. The molecule has 3 aromatic rings. The third-order valence-corrected chi connectivity index (χ3v) is 3.48. The van der Waals surface area contributed by atoms with E-state index in [0.717, 1.165) is 16.7 Å². The minimum atomic E-state index is -0.187. The topological polar surface area (TPSA) is 86.0 Å². The van der Waals surface area contributed by atoms with Crippen LogP contribution in [0.3, 0.4) is 0 Å². The number of hydrogen-bond donors (Lipinski definition) is 1. The Morgan fingerprint density at radius 2 is 2.08 bits per heavy atom. The van der Waals surface area contributed by atoms with Crippen molar-refractivity contribution in [2.75, 3.05) is 6.61 Å². The number of aromatic nitrogens is 5. The molecule has 0 aromatic carbocycles. The smallest absolute Gasteiger partial charge is 0.221 e. The monoisotopic (exact) mass is 345 g/mol. The van der Waals surface area contributed by atoms with Crippen LogP contribution < -0.4 is 4.74 Å². The minimum absolute atomic E-state index is 0.187. The first kappa shape index (κ1) is 16.4. The molecule has 0 radical (unpaired) electrons. The third kappa shape index (κ3) is 3.69. The molecule has 1 N–H and O–H groups in total. The summed E-state index contributed by atoms with van der Waals surface area (Å²) in [6, 6.07) is 3.78. The van der Waals surface area contributed by atoms with E-state index in [-0.39, 0.29) is 6.61 Å². The van der Waals surface area contributed by atoms with Crippen LogP contribution in [-0.2, 0) is 13.2 Å². The zero-order valence-electron chi connectivity index (χ0n) is 13.1. The van der Waals surface area contributed by atoms with E-state index in [2.05, 4.69) is 20.1 Å². The molecule has 0 unspecified atom stereocenters. The number of pyridine rings is 2. The Balaban J connectivity index is 1.95. The molecule has 24 heavy (non-hydrogen) atoms. The number of ether oxygens (including phenoxy) is 1. The van der Waals surface area contributed by atoms with Gasteiger partial charge >= 0.3 is 0 Å². The van der Waals surface area contributed by atoms with E-state index in [1.54, 1.807) is 29.6 Å². The van der Waals surface area contributed by atoms with Crippen molar-refractivity contribution >= 4 is 11.6 Å². The van der Waals surface area contributed by atoms with Gasteiger partial charge in [-0.25, -0.2) is 14.6 Å². The van der Waals surface area contributed by atoms with E-state index in [1.165, 1.54) is 0 Å². The number of aliphatic hydroxyl groups is 1. The van der Waals surface area contributed by atoms with Crippen LogP contribution in [-0.4, -0.2) is 36.4 Å². The quantitative estimate of drug-likeness (QED) is 0.738. The maximum atomic E-state index is 9.04. The van der Waals surface area contributed by atoms with E-state index in [4.69, 9.17) is 21.4 Å². The summed E-state index contributed by atoms with van der Waals surface area (Å²) in [6.45, 7) is 2.71. The fraction of sp³-hybridized carbons (Fsp3) is 0.250. The third-order valence-electron chi connectivity index (χ3n) is 3.27. The van der Waals surface area contributed by atoms with Gasteiger partial charge in [0.25, 0.3) is 0 Å². The molecule has 0 spiro atoms. The highest BCUT2D eigenvalue weighted by Gasteiger charge is 2.11. The Kier molecular flexibility index (Phi) is 5.02. The Labute approximate surface area is 143 Å². The molecule has 0 atom stereocenters. The Morgan fingerprint density at radius 3 is 2.79 bits per heavy atom. The lowest BCUT2D eigenvalue weighted by molar-refractivity contribution is 0.271. The molecule has 0 saturated carbocycles. The summed E-state index contributed by atoms with van der Waals surface area (Å²) in [6.07, 6.45) is 6.60. The molecule has 3 heterocycles. The van der Waals surface area contributed by atoms with Gasteiger partial charge in [-0.1, -0.05) is 11.6 Å². The Hall–Kier alpha value is -2.51. The molecular formula is C16H16ClN5O2. The zero-order valence-corrected chi connectivity index (χ0v) is 13.8. The van der Waals surface area contributed by atoms with Crippen molar-refractivity contribution in [2.24, 2.45) is 0 Å². The van der Waals surface area contributed by atoms with E-state index in [9.17, 15) is 0 Å². The van der Waals surface area contributed by atoms with Crippen LogP contribution in [0.2, 0.25) is 5.02 Å². The highest BCUT2D eigenvalue weighted by atomic mass is 35.5. The molecule has 0 aliphatic rings. The van der Waals surface area contributed by atoms with E-state index in [0.29, 0.717) is 29.9 Å². The number of hydrogen-bond acceptors (Lipinski definition) is 6. The molecule has 124 valence electrons. The summed E-state index contributed by atoms with van der Waals surface area (Å²) >= 11 is 6.04. The second kappa shape index (κ2) is 7.37. The van der Waals surface area contributed by atoms with Gasteiger partial charge in [-0.2, -0.15) is 5.10 Å². The van der Waals surface area contributed by atoms with Crippen LogP contribution in [0.4, 0.5) is 0 Å². The normalized spacial score (nSPS) is 10.8. The largest absolute Gasteiger partial charge is 0.478 e. The average molecular weight is 346 g/mol. The lowest BCUT2D eigenvalue weighted by Gasteiger charge is -2.11. The van der Waals surface area contributed by atoms with Gasteiger partial charge in [-0.05, 0) is 24.6 Å². The lowest BCUT2D eigenvalue weighted by Crippen LogP contribution is -2.04. The summed E-state index contributed by atoms with van der Waals surface area (Å²) in [4.78, 5) is 12.5. The first-order chi connectivity index (χ1) is 11.7. The first-order valence-electron chi connectivity index (χ1n) is 7.41. The zero-order chi connectivity index (χ0) is 16.9. The van der Waals surface area contributed by atoms with E-state index >= 15 is 0 Å². The van der Waals surface area contributed by atoms with Gasteiger partial charge in [0, 0.05) is 29.7 Å². The molecule has 3 aromatic heterocycles. The average Bonchev–Trinajstić information content (AvgIpc) is 3.04. The van der Waals surface area contributed by atoms with Crippen LogP contribution in [0, 0.1) is 0 Å². The molecule has 0 aliphatic carbocycles. The standard InChI is InChI=1S/C16H16ClN5O2/c1-2-24-16-14(12-4-13(17)7-18-6-12)3-11(5-19-16)8-22-10-20-15(9-23)21-22/h3-7,10,23H,2,8-9H2,1H3. The number of nitrogens with zero attached hydrogens (tertiary/aromatic N) is 5. The molecule has 0 bridgehead atoms.